The van der Waals surface area contributed by atoms with E-state index in [0.29, 0.717) is 16.5 Å². The fourth-order valence-corrected chi connectivity index (χ4v) is 3.72. The van der Waals surface area contributed by atoms with Crippen molar-refractivity contribution in [1.82, 2.24) is 20.2 Å². The molecule has 8 heteroatoms. The molecule has 0 atom stereocenters. The minimum atomic E-state index is -0.403. The second kappa shape index (κ2) is 10.0. The molecule has 0 radical (unpaired) electrons. The number of amides is 1. The van der Waals surface area contributed by atoms with Crippen LogP contribution in [-0.2, 0) is 4.79 Å². The van der Waals surface area contributed by atoms with Crippen LogP contribution in [0, 0.1) is 12.7 Å². The van der Waals surface area contributed by atoms with Gasteiger partial charge in [0.15, 0.2) is 11.0 Å². The first-order valence-corrected chi connectivity index (χ1v) is 10.9. The van der Waals surface area contributed by atoms with Gasteiger partial charge in [-0.05, 0) is 25.1 Å². The van der Waals surface area contributed by atoms with Crippen LogP contribution >= 0.6 is 11.8 Å². The predicted molar refractivity (Wildman–Crippen MR) is 124 cm³/mol. The van der Waals surface area contributed by atoms with Crippen molar-refractivity contribution in [1.29, 1.82) is 0 Å². The number of para-hydroxylation sites is 1. The maximum atomic E-state index is 13.6. The van der Waals surface area contributed by atoms with E-state index in [1.54, 1.807) is 18.2 Å². The van der Waals surface area contributed by atoms with E-state index in [2.05, 4.69) is 20.7 Å². The summed E-state index contributed by atoms with van der Waals surface area (Å²) in [5, 5.41) is 13.1. The van der Waals surface area contributed by atoms with Gasteiger partial charge in [0.1, 0.15) is 5.82 Å². The fourth-order valence-electron chi connectivity index (χ4n) is 2.98. The zero-order chi connectivity index (χ0) is 22.3. The predicted octanol–water partition coefficient (Wildman–Crippen LogP) is 4.62. The zero-order valence-corrected chi connectivity index (χ0v) is 18.1. The van der Waals surface area contributed by atoms with Crippen LogP contribution in [0.4, 0.5) is 4.39 Å². The summed E-state index contributed by atoms with van der Waals surface area (Å²) < 4.78 is 15.5. The van der Waals surface area contributed by atoms with Crippen molar-refractivity contribution < 1.29 is 9.18 Å². The van der Waals surface area contributed by atoms with Gasteiger partial charge >= 0.3 is 0 Å². The SMILES string of the molecule is Cc1ccc(-c2nnc(SCC(=O)N/N=C/c3ccccc3F)n2-c2ccccc2)cc1. The third-order valence-electron chi connectivity index (χ3n) is 4.59. The number of nitrogens with zero attached hydrogens (tertiary/aromatic N) is 4. The molecule has 0 aliphatic rings. The van der Waals surface area contributed by atoms with E-state index in [1.165, 1.54) is 24.0 Å². The van der Waals surface area contributed by atoms with Crippen LogP contribution in [0.5, 0.6) is 0 Å². The van der Waals surface area contributed by atoms with Crippen LogP contribution in [0.2, 0.25) is 0 Å². The molecule has 0 unspecified atom stereocenters. The van der Waals surface area contributed by atoms with Gasteiger partial charge in [0.2, 0.25) is 0 Å². The molecule has 32 heavy (non-hydrogen) atoms. The number of aromatic nitrogens is 3. The summed E-state index contributed by atoms with van der Waals surface area (Å²) in [7, 11) is 0. The van der Waals surface area contributed by atoms with Gasteiger partial charge in [-0.1, -0.05) is 78.0 Å². The van der Waals surface area contributed by atoms with E-state index >= 15 is 0 Å². The standard InChI is InChI=1S/C24H20FN5OS/c1-17-11-13-18(14-12-17)23-28-29-24(30(23)20-8-3-2-4-9-20)32-16-22(31)27-26-15-19-7-5-6-10-21(19)25/h2-15H,16H2,1H3,(H,27,31)/b26-15+. The first-order chi connectivity index (χ1) is 15.6. The first-order valence-electron chi connectivity index (χ1n) is 9.89. The van der Waals surface area contributed by atoms with Gasteiger partial charge in [-0.3, -0.25) is 9.36 Å². The molecule has 160 valence electrons. The molecule has 6 nitrogen and oxygen atoms in total. The summed E-state index contributed by atoms with van der Waals surface area (Å²) in [6.07, 6.45) is 1.28. The Morgan fingerprint density at radius 1 is 1.03 bits per heavy atom. The van der Waals surface area contributed by atoms with Gasteiger partial charge < -0.3 is 0 Å². The maximum absolute atomic E-state index is 13.6. The number of halogens is 1. The number of carbonyl (C=O) groups excluding carboxylic acids is 1. The largest absolute Gasteiger partial charge is 0.272 e. The molecule has 1 heterocycles. The molecule has 1 aromatic heterocycles. The van der Waals surface area contributed by atoms with Crippen LogP contribution in [0.15, 0.2) is 89.1 Å². The molecule has 0 saturated carbocycles. The lowest BCUT2D eigenvalue weighted by atomic mass is 10.1. The molecule has 0 fully saturated rings. The van der Waals surface area contributed by atoms with Crippen LogP contribution in [0.1, 0.15) is 11.1 Å². The summed E-state index contributed by atoms with van der Waals surface area (Å²) in [6, 6.07) is 24.0. The van der Waals surface area contributed by atoms with Crippen LogP contribution in [0.25, 0.3) is 17.1 Å². The summed E-state index contributed by atoms with van der Waals surface area (Å²) in [5.74, 6) is 0.0336. The average molecular weight is 446 g/mol. The Morgan fingerprint density at radius 3 is 2.50 bits per heavy atom. The summed E-state index contributed by atoms with van der Waals surface area (Å²) in [4.78, 5) is 12.3. The molecule has 3 aromatic carbocycles. The number of hydrogen-bond acceptors (Lipinski definition) is 5. The van der Waals surface area contributed by atoms with Crippen LogP contribution in [0.3, 0.4) is 0 Å². The number of aryl methyl sites for hydroxylation is 1. The number of benzene rings is 3. The lowest BCUT2D eigenvalue weighted by Gasteiger charge is -2.10. The minimum Gasteiger partial charge on any atom is -0.272 e. The Morgan fingerprint density at radius 2 is 1.75 bits per heavy atom. The third-order valence-corrected chi connectivity index (χ3v) is 5.52. The Bertz CT molecular complexity index is 1240. The number of rotatable bonds is 7. The highest BCUT2D eigenvalue weighted by molar-refractivity contribution is 7.99. The van der Waals surface area contributed by atoms with E-state index in [4.69, 9.17) is 0 Å². The van der Waals surface area contributed by atoms with Crippen molar-refractivity contribution in [3.8, 4) is 17.1 Å². The second-order valence-electron chi connectivity index (χ2n) is 6.95. The zero-order valence-electron chi connectivity index (χ0n) is 17.3. The maximum Gasteiger partial charge on any atom is 0.250 e. The Balaban J connectivity index is 1.50. The van der Waals surface area contributed by atoms with Gasteiger partial charge in [0.25, 0.3) is 5.91 Å². The van der Waals surface area contributed by atoms with Gasteiger partial charge in [0.05, 0.1) is 12.0 Å². The molecule has 4 aromatic rings. The lowest BCUT2D eigenvalue weighted by molar-refractivity contribution is -0.118. The van der Waals surface area contributed by atoms with E-state index < -0.39 is 5.82 Å². The quantitative estimate of drug-likeness (QED) is 0.256. The van der Waals surface area contributed by atoms with Crippen molar-refractivity contribution in [2.24, 2.45) is 5.10 Å². The highest BCUT2D eigenvalue weighted by atomic mass is 32.2. The molecule has 4 rings (SSSR count). The lowest BCUT2D eigenvalue weighted by Crippen LogP contribution is -2.20. The average Bonchev–Trinajstić information content (AvgIpc) is 3.24. The smallest absolute Gasteiger partial charge is 0.250 e. The van der Waals surface area contributed by atoms with Crippen molar-refractivity contribution >= 4 is 23.9 Å². The number of hydrogen-bond donors (Lipinski definition) is 1. The van der Waals surface area contributed by atoms with Gasteiger partial charge in [-0.25, -0.2) is 9.82 Å². The number of nitrogens with one attached hydrogen (secondary N) is 1. The summed E-state index contributed by atoms with van der Waals surface area (Å²) >= 11 is 1.25. The molecule has 0 saturated heterocycles. The summed E-state index contributed by atoms with van der Waals surface area (Å²) in [6.45, 7) is 2.03. The fraction of sp³-hybridized carbons (Fsp3) is 0.0833. The molecule has 0 spiro atoms. The monoisotopic (exact) mass is 445 g/mol. The van der Waals surface area contributed by atoms with Gasteiger partial charge in [-0.2, -0.15) is 5.10 Å². The Labute approximate surface area is 189 Å². The second-order valence-corrected chi connectivity index (χ2v) is 7.89. The third kappa shape index (κ3) is 5.09. The van der Waals surface area contributed by atoms with E-state index in [9.17, 15) is 9.18 Å². The van der Waals surface area contributed by atoms with Crippen molar-refractivity contribution in [3.63, 3.8) is 0 Å². The molecule has 0 bridgehead atoms. The molecule has 1 amide bonds. The molecular weight excluding hydrogens is 425 g/mol. The highest BCUT2D eigenvalue weighted by Crippen LogP contribution is 2.28. The number of thioether (sulfide) groups is 1. The Hall–Kier alpha value is -3.78. The first kappa shape index (κ1) is 21.5. The normalized spacial score (nSPS) is 11.1. The van der Waals surface area contributed by atoms with E-state index in [1.807, 2.05) is 66.1 Å². The molecule has 0 aliphatic heterocycles. The van der Waals surface area contributed by atoms with Crippen molar-refractivity contribution in [2.75, 3.05) is 5.75 Å². The number of carbonyl (C=O) groups is 1. The minimum absolute atomic E-state index is 0.0769. The molecule has 0 aliphatic carbocycles. The number of hydrazone groups is 1. The van der Waals surface area contributed by atoms with Crippen LogP contribution < -0.4 is 5.43 Å². The molecular formula is C24H20FN5OS. The van der Waals surface area contributed by atoms with Crippen LogP contribution in [-0.4, -0.2) is 32.6 Å². The summed E-state index contributed by atoms with van der Waals surface area (Å²) in [5.41, 5.74) is 5.70. The van der Waals surface area contributed by atoms with Crippen molar-refractivity contribution in [2.45, 2.75) is 12.1 Å². The van der Waals surface area contributed by atoms with E-state index in [-0.39, 0.29) is 11.7 Å². The Kier molecular flexibility index (Phi) is 6.72. The van der Waals surface area contributed by atoms with Gasteiger partial charge in [0, 0.05) is 16.8 Å². The topological polar surface area (TPSA) is 72.2 Å². The molecule has 1 N–H and O–H groups in total. The van der Waals surface area contributed by atoms with E-state index in [0.717, 1.165) is 16.8 Å². The van der Waals surface area contributed by atoms with Gasteiger partial charge in [-0.15, -0.1) is 10.2 Å². The van der Waals surface area contributed by atoms with Crippen molar-refractivity contribution in [3.05, 3.63) is 95.8 Å². The highest BCUT2D eigenvalue weighted by Gasteiger charge is 2.17.